The number of nitrogens with zero attached hydrogens (tertiary/aromatic N) is 2. The number of aromatic amines is 1. The smallest absolute Gasteiger partial charge is 0.273 e. The fraction of sp³-hybridized carbons (Fsp3) is 0.368. The zero-order valence-corrected chi connectivity index (χ0v) is 15.2. The Morgan fingerprint density at radius 1 is 1.22 bits per heavy atom. The molecule has 142 valence electrons. The van der Waals surface area contributed by atoms with Crippen LogP contribution in [-0.2, 0) is 0 Å². The van der Waals surface area contributed by atoms with Crippen molar-refractivity contribution in [2.75, 3.05) is 27.3 Å². The number of benzene rings is 1. The lowest BCUT2D eigenvalue weighted by Gasteiger charge is -2.31. The quantitative estimate of drug-likeness (QED) is 0.800. The van der Waals surface area contributed by atoms with Crippen molar-refractivity contribution < 1.29 is 19.1 Å². The molecule has 1 aliphatic rings. The number of likely N-dealkylation sites (tertiary alicyclic amines) is 1. The Morgan fingerprint density at radius 2 is 2.00 bits per heavy atom. The second-order valence-corrected chi connectivity index (χ2v) is 6.32. The van der Waals surface area contributed by atoms with Gasteiger partial charge in [0.15, 0.2) is 17.3 Å². The highest BCUT2D eigenvalue weighted by Crippen LogP contribution is 2.30. The molecule has 0 aliphatic carbocycles. The van der Waals surface area contributed by atoms with Gasteiger partial charge in [-0.05, 0) is 31.0 Å². The van der Waals surface area contributed by atoms with Gasteiger partial charge in [-0.1, -0.05) is 0 Å². The lowest BCUT2D eigenvalue weighted by Crippen LogP contribution is -2.42. The van der Waals surface area contributed by atoms with Crippen LogP contribution < -0.4 is 15.0 Å². The number of methoxy groups -OCH3 is 2. The summed E-state index contributed by atoms with van der Waals surface area (Å²) in [5, 5.41) is 0. The molecule has 1 atom stereocenters. The van der Waals surface area contributed by atoms with E-state index in [-0.39, 0.29) is 28.9 Å². The Balaban J connectivity index is 1.75. The third kappa shape index (κ3) is 3.99. The monoisotopic (exact) mass is 371 g/mol. The molecule has 1 unspecified atom stereocenters. The Bertz CT molecular complexity index is 888. The molecule has 2 heterocycles. The molecule has 1 aliphatic heterocycles. The van der Waals surface area contributed by atoms with Crippen LogP contribution in [0.3, 0.4) is 0 Å². The highest BCUT2D eigenvalue weighted by atomic mass is 16.5. The number of aromatic nitrogens is 2. The van der Waals surface area contributed by atoms with Crippen LogP contribution in [-0.4, -0.2) is 53.9 Å². The summed E-state index contributed by atoms with van der Waals surface area (Å²) in [5.74, 6) is 0.408. The van der Waals surface area contributed by atoms with E-state index in [0.717, 1.165) is 12.6 Å². The highest BCUT2D eigenvalue weighted by molar-refractivity contribution is 5.99. The molecular formula is C19H21N3O5. The molecule has 27 heavy (non-hydrogen) atoms. The van der Waals surface area contributed by atoms with Gasteiger partial charge < -0.3 is 19.4 Å². The van der Waals surface area contributed by atoms with Crippen LogP contribution in [0, 0.1) is 5.92 Å². The summed E-state index contributed by atoms with van der Waals surface area (Å²) in [5.41, 5.74) is 0.314. The molecule has 0 bridgehead atoms. The van der Waals surface area contributed by atoms with Gasteiger partial charge in [0.2, 0.25) is 0 Å². The first-order valence-corrected chi connectivity index (χ1v) is 8.63. The molecule has 1 saturated heterocycles. The van der Waals surface area contributed by atoms with Gasteiger partial charge in [-0.15, -0.1) is 0 Å². The number of ether oxygens (including phenoxy) is 2. The zero-order valence-electron chi connectivity index (χ0n) is 15.2. The van der Waals surface area contributed by atoms with E-state index in [2.05, 4.69) is 9.97 Å². The molecule has 1 fully saturated rings. The lowest BCUT2D eigenvalue weighted by molar-refractivity contribution is 0.0631. The molecule has 1 aromatic heterocycles. The minimum Gasteiger partial charge on any atom is -0.493 e. The third-order valence-electron chi connectivity index (χ3n) is 4.64. The third-order valence-corrected chi connectivity index (χ3v) is 4.64. The number of carbonyl (C=O) groups is 2. The fourth-order valence-electron chi connectivity index (χ4n) is 3.22. The SMILES string of the molecule is COc1ccc(C(=O)C2CCCN(C(=O)c3c[nH]c(=O)cn3)C2)cc1OC. The van der Waals surface area contributed by atoms with Gasteiger partial charge in [0.25, 0.3) is 11.5 Å². The van der Waals surface area contributed by atoms with Crippen molar-refractivity contribution in [3.05, 3.63) is 52.2 Å². The van der Waals surface area contributed by atoms with E-state index >= 15 is 0 Å². The van der Waals surface area contributed by atoms with Crippen LogP contribution in [0.25, 0.3) is 0 Å². The Morgan fingerprint density at radius 3 is 2.67 bits per heavy atom. The molecule has 8 heteroatoms. The van der Waals surface area contributed by atoms with Crippen LogP contribution in [0.15, 0.2) is 35.4 Å². The van der Waals surface area contributed by atoms with Gasteiger partial charge in [0.1, 0.15) is 5.69 Å². The molecular weight excluding hydrogens is 350 g/mol. The molecule has 2 aromatic rings. The normalized spacial score (nSPS) is 16.7. The number of ketones is 1. The van der Waals surface area contributed by atoms with Crippen molar-refractivity contribution in [3.8, 4) is 11.5 Å². The van der Waals surface area contributed by atoms with E-state index in [0.29, 0.717) is 36.6 Å². The van der Waals surface area contributed by atoms with E-state index in [9.17, 15) is 14.4 Å². The summed E-state index contributed by atoms with van der Waals surface area (Å²) in [7, 11) is 3.05. The van der Waals surface area contributed by atoms with Gasteiger partial charge in [0, 0.05) is 30.8 Å². The Kier molecular flexibility index (Phi) is 5.54. The van der Waals surface area contributed by atoms with Crippen LogP contribution in [0.4, 0.5) is 0 Å². The van der Waals surface area contributed by atoms with Gasteiger partial charge in [0.05, 0.1) is 20.4 Å². The molecule has 0 saturated carbocycles. The fourth-order valence-corrected chi connectivity index (χ4v) is 3.22. The minimum atomic E-state index is -0.369. The Labute approximate surface area is 156 Å². The second kappa shape index (κ2) is 8.03. The maximum Gasteiger partial charge on any atom is 0.273 e. The van der Waals surface area contributed by atoms with Crippen LogP contribution in [0.1, 0.15) is 33.7 Å². The summed E-state index contributed by atoms with van der Waals surface area (Å²) >= 11 is 0. The number of amides is 1. The van der Waals surface area contributed by atoms with E-state index in [1.165, 1.54) is 20.4 Å². The van der Waals surface area contributed by atoms with Crippen molar-refractivity contribution in [1.82, 2.24) is 14.9 Å². The zero-order chi connectivity index (χ0) is 19.4. The summed E-state index contributed by atoms with van der Waals surface area (Å²) in [4.78, 5) is 44.5. The summed E-state index contributed by atoms with van der Waals surface area (Å²) in [6.45, 7) is 0.863. The standard InChI is InChI=1S/C19H21N3O5/c1-26-15-6-5-12(8-16(15)27-2)18(24)13-4-3-7-22(11-13)19(25)14-9-21-17(23)10-20-14/h5-6,8-10,13H,3-4,7,11H2,1-2H3,(H,21,23). The number of nitrogens with one attached hydrogen (secondary N) is 1. The topological polar surface area (TPSA) is 102 Å². The first-order chi connectivity index (χ1) is 13.0. The lowest BCUT2D eigenvalue weighted by atomic mass is 9.89. The minimum absolute atomic E-state index is 0.0390. The number of hydrogen-bond donors (Lipinski definition) is 1. The van der Waals surface area contributed by atoms with Crippen LogP contribution in [0.2, 0.25) is 0 Å². The second-order valence-electron chi connectivity index (χ2n) is 6.32. The summed E-state index contributed by atoms with van der Waals surface area (Å²) in [6, 6.07) is 5.06. The Hall–Kier alpha value is -3.16. The number of H-pyrrole nitrogens is 1. The van der Waals surface area contributed by atoms with Gasteiger partial charge in [-0.3, -0.25) is 14.4 Å². The van der Waals surface area contributed by atoms with Gasteiger partial charge in [-0.2, -0.15) is 0 Å². The first-order valence-electron chi connectivity index (χ1n) is 8.63. The molecule has 3 rings (SSSR count). The average molecular weight is 371 g/mol. The molecule has 1 aromatic carbocycles. The average Bonchev–Trinajstić information content (AvgIpc) is 2.72. The van der Waals surface area contributed by atoms with E-state index in [1.807, 2.05) is 0 Å². The predicted octanol–water partition coefficient (Wildman–Crippen LogP) is 1.52. The highest BCUT2D eigenvalue weighted by Gasteiger charge is 2.30. The first kappa shape index (κ1) is 18.6. The number of hydrogen-bond acceptors (Lipinski definition) is 6. The van der Waals surface area contributed by atoms with E-state index in [4.69, 9.17) is 9.47 Å². The molecule has 0 spiro atoms. The van der Waals surface area contributed by atoms with Crippen molar-refractivity contribution in [2.45, 2.75) is 12.8 Å². The summed E-state index contributed by atoms with van der Waals surface area (Å²) in [6.07, 6.45) is 3.79. The van der Waals surface area contributed by atoms with Gasteiger partial charge >= 0.3 is 0 Å². The number of piperidine rings is 1. The number of Topliss-reactive ketones (excluding diaryl/α,β-unsaturated/α-hetero) is 1. The largest absolute Gasteiger partial charge is 0.493 e. The predicted molar refractivity (Wildman–Crippen MR) is 97.4 cm³/mol. The number of carbonyl (C=O) groups excluding carboxylic acids is 2. The van der Waals surface area contributed by atoms with Crippen molar-refractivity contribution in [2.24, 2.45) is 5.92 Å². The van der Waals surface area contributed by atoms with Gasteiger partial charge in [-0.25, -0.2) is 4.98 Å². The van der Waals surface area contributed by atoms with E-state index < -0.39 is 0 Å². The maximum atomic E-state index is 12.9. The number of rotatable bonds is 5. The molecule has 1 amide bonds. The van der Waals surface area contributed by atoms with Crippen LogP contribution in [0.5, 0.6) is 11.5 Å². The maximum absolute atomic E-state index is 12.9. The van der Waals surface area contributed by atoms with Crippen molar-refractivity contribution >= 4 is 11.7 Å². The van der Waals surface area contributed by atoms with Crippen molar-refractivity contribution in [1.29, 1.82) is 0 Å². The van der Waals surface area contributed by atoms with Crippen molar-refractivity contribution in [3.63, 3.8) is 0 Å². The van der Waals surface area contributed by atoms with E-state index in [1.54, 1.807) is 23.1 Å². The van der Waals surface area contributed by atoms with Crippen LogP contribution >= 0.6 is 0 Å². The molecule has 0 radical (unpaired) electrons. The molecule has 8 nitrogen and oxygen atoms in total. The molecule has 1 N–H and O–H groups in total. The summed E-state index contributed by atoms with van der Waals surface area (Å²) < 4.78 is 10.5.